The van der Waals surface area contributed by atoms with Gasteiger partial charge >= 0.3 is 0 Å². The molecule has 7 nitrogen and oxygen atoms in total. The van der Waals surface area contributed by atoms with E-state index in [4.69, 9.17) is 4.74 Å². The van der Waals surface area contributed by atoms with Gasteiger partial charge in [-0.25, -0.2) is 9.67 Å². The number of fused-ring (bicyclic) bond motifs is 1. The summed E-state index contributed by atoms with van der Waals surface area (Å²) in [6.45, 7) is 2.77. The molecule has 2 aromatic heterocycles. The monoisotopic (exact) mass is 372 g/mol. The van der Waals surface area contributed by atoms with Crippen molar-refractivity contribution in [2.75, 3.05) is 20.3 Å². The second kappa shape index (κ2) is 8.20. The molecule has 0 aliphatic carbocycles. The molecule has 1 amide bonds. The lowest BCUT2D eigenvalue weighted by atomic mass is 10.2. The van der Waals surface area contributed by atoms with Crippen LogP contribution in [0.3, 0.4) is 0 Å². The van der Waals surface area contributed by atoms with Crippen LogP contribution in [-0.2, 0) is 16.1 Å². The third kappa shape index (κ3) is 3.97. The van der Waals surface area contributed by atoms with Crippen molar-refractivity contribution < 1.29 is 9.53 Å². The van der Waals surface area contributed by atoms with Gasteiger partial charge in [-0.2, -0.15) is 5.10 Å². The van der Waals surface area contributed by atoms with Gasteiger partial charge in [0.1, 0.15) is 11.6 Å². The summed E-state index contributed by atoms with van der Waals surface area (Å²) in [5.41, 5.74) is 1.64. The minimum Gasteiger partial charge on any atom is -0.385 e. The van der Waals surface area contributed by atoms with Crippen molar-refractivity contribution in [3.63, 3.8) is 0 Å². The Labute approximate surface area is 154 Å². The highest BCUT2D eigenvalue weighted by Crippen LogP contribution is 2.29. The molecule has 26 heavy (non-hydrogen) atoms. The number of methoxy groups -OCH3 is 1. The van der Waals surface area contributed by atoms with E-state index in [-0.39, 0.29) is 18.0 Å². The summed E-state index contributed by atoms with van der Waals surface area (Å²) < 4.78 is 6.87. The first kappa shape index (κ1) is 18.2. The summed E-state index contributed by atoms with van der Waals surface area (Å²) >= 11 is 1.44. The first-order valence-corrected chi connectivity index (χ1v) is 9.11. The van der Waals surface area contributed by atoms with Gasteiger partial charge in [0.25, 0.3) is 5.56 Å². The Bertz CT molecular complexity index is 966. The van der Waals surface area contributed by atoms with Crippen molar-refractivity contribution in [3.05, 3.63) is 46.4 Å². The fourth-order valence-corrected chi connectivity index (χ4v) is 3.55. The van der Waals surface area contributed by atoms with Crippen molar-refractivity contribution in [1.29, 1.82) is 0 Å². The van der Waals surface area contributed by atoms with Crippen LogP contribution < -0.4 is 10.9 Å². The summed E-state index contributed by atoms with van der Waals surface area (Å²) in [6, 6.07) is 9.69. The molecule has 2 heterocycles. The Morgan fingerprint density at radius 3 is 2.81 bits per heavy atom. The van der Waals surface area contributed by atoms with Gasteiger partial charge in [-0.15, -0.1) is 11.3 Å². The zero-order valence-corrected chi connectivity index (χ0v) is 15.5. The van der Waals surface area contributed by atoms with Gasteiger partial charge in [-0.1, -0.05) is 30.3 Å². The molecule has 3 aromatic rings. The van der Waals surface area contributed by atoms with E-state index in [1.807, 2.05) is 37.3 Å². The third-order valence-corrected chi connectivity index (χ3v) is 5.04. The summed E-state index contributed by atoms with van der Waals surface area (Å²) in [4.78, 5) is 29.2. The highest BCUT2D eigenvalue weighted by atomic mass is 32.1. The molecule has 0 saturated heterocycles. The molecule has 1 aromatic carbocycles. The van der Waals surface area contributed by atoms with E-state index >= 15 is 0 Å². The van der Waals surface area contributed by atoms with E-state index in [9.17, 15) is 9.59 Å². The van der Waals surface area contributed by atoms with Crippen LogP contribution in [0, 0.1) is 6.92 Å². The predicted molar refractivity (Wildman–Crippen MR) is 101 cm³/mol. The Hall–Kier alpha value is -2.58. The van der Waals surface area contributed by atoms with Crippen LogP contribution in [0.4, 0.5) is 0 Å². The molecule has 136 valence electrons. The third-order valence-electron chi connectivity index (χ3n) is 3.83. The number of ether oxygens (including phenoxy) is 1. The average Bonchev–Trinajstić information content (AvgIpc) is 3.10. The van der Waals surface area contributed by atoms with Crippen LogP contribution in [0.2, 0.25) is 0 Å². The quantitative estimate of drug-likeness (QED) is 0.641. The van der Waals surface area contributed by atoms with Crippen molar-refractivity contribution >= 4 is 27.5 Å². The van der Waals surface area contributed by atoms with E-state index < -0.39 is 0 Å². The minimum atomic E-state index is -0.351. The summed E-state index contributed by atoms with van der Waals surface area (Å²) in [6.07, 6.45) is 0.717. The highest BCUT2D eigenvalue weighted by Gasteiger charge is 2.16. The second-order valence-corrected chi connectivity index (χ2v) is 6.81. The maximum Gasteiger partial charge on any atom is 0.294 e. The molecule has 1 N–H and O–H groups in total. The molecule has 0 fully saturated rings. The smallest absolute Gasteiger partial charge is 0.294 e. The van der Waals surface area contributed by atoms with Gasteiger partial charge in [-0.05, 0) is 13.3 Å². The van der Waals surface area contributed by atoms with Gasteiger partial charge in [0.15, 0.2) is 5.52 Å². The van der Waals surface area contributed by atoms with Crippen LogP contribution in [0.5, 0.6) is 0 Å². The number of nitrogens with zero attached hydrogens (tertiary/aromatic N) is 3. The number of aromatic nitrogens is 3. The van der Waals surface area contributed by atoms with E-state index in [1.54, 1.807) is 7.11 Å². The summed E-state index contributed by atoms with van der Waals surface area (Å²) in [5.74, 6) is -0.257. The molecule has 0 unspecified atom stereocenters. The van der Waals surface area contributed by atoms with Crippen LogP contribution >= 0.6 is 11.3 Å². The van der Waals surface area contributed by atoms with Gasteiger partial charge < -0.3 is 10.1 Å². The Balaban J connectivity index is 1.85. The topological polar surface area (TPSA) is 86.1 Å². The SMILES string of the molecule is COCCCNC(=O)Cn1nc(C)c2sc(-c3ccccc3)nc2c1=O. The van der Waals surface area contributed by atoms with Crippen LogP contribution in [0.25, 0.3) is 20.8 Å². The van der Waals surface area contributed by atoms with Gasteiger partial charge in [-0.3, -0.25) is 9.59 Å². The number of carbonyl (C=O) groups excluding carboxylic acids is 1. The fourth-order valence-electron chi connectivity index (χ4n) is 2.55. The van der Waals surface area contributed by atoms with Gasteiger partial charge in [0.2, 0.25) is 5.91 Å². The normalized spacial score (nSPS) is 11.0. The molecule has 0 radical (unpaired) electrons. The zero-order chi connectivity index (χ0) is 18.5. The number of aryl methyl sites for hydroxylation is 1. The fraction of sp³-hybridized carbons (Fsp3) is 0.333. The van der Waals surface area contributed by atoms with Crippen molar-refractivity contribution in [3.8, 4) is 10.6 Å². The van der Waals surface area contributed by atoms with E-state index in [0.717, 1.165) is 21.7 Å². The number of nitrogens with one attached hydrogen (secondary N) is 1. The zero-order valence-electron chi connectivity index (χ0n) is 14.7. The number of thiazole rings is 1. The second-order valence-electron chi connectivity index (χ2n) is 5.81. The first-order chi connectivity index (χ1) is 12.6. The number of hydrogen-bond acceptors (Lipinski definition) is 6. The molecule has 8 heteroatoms. The van der Waals surface area contributed by atoms with Gasteiger partial charge in [0.05, 0.1) is 10.4 Å². The highest BCUT2D eigenvalue weighted by molar-refractivity contribution is 7.21. The predicted octanol–water partition coefficient (Wildman–Crippen LogP) is 1.98. The summed E-state index contributed by atoms with van der Waals surface area (Å²) in [5, 5.41) is 7.80. The van der Waals surface area contributed by atoms with Crippen LogP contribution in [-0.4, -0.2) is 40.9 Å². The largest absolute Gasteiger partial charge is 0.385 e. The lowest BCUT2D eigenvalue weighted by Crippen LogP contribution is -2.34. The molecular weight excluding hydrogens is 352 g/mol. The molecule has 0 aliphatic rings. The lowest BCUT2D eigenvalue weighted by Gasteiger charge is -2.07. The summed E-state index contributed by atoms with van der Waals surface area (Å²) in [7, 11) is 1.61. The number of benzene rings is 1. The molecule has 0 atom stereocenters. The average molecular weight is 372 g/mol. The molecule has 0 aliphatic heterocycles. The maximum absolute atomic E-state index is 12.7. The van der Waals surface area contributed by atoms with Crippen molar-refractivity contribution in [1.82, 2.24) is 20.1 Å². The van der Waals surface area contributed by atoms with E-state index in [0.29, 0.717) is 24.4 Å². The first-order valence-electron chi connectivity index (χ1n) is 8.29. The Kier molecular flexibility index (Phi) is 5.75. The lowest BCUT2D eigenvalue weighted by molar-refractivity contribution is -0.121. The molecule has 0 spiro atoms. The van der Waals surface area contributed by atoms with Crippen LogP contribution in [0.15, 0.2) is 35.1 Å². The van der Waals surface area contributed by atoms with Gasteiger partial charge in [0, 0.05) is 25.8 Å². The van der Waals surface area contributed by atoms with Crippen molar-refractivity contribution in [2.45, 2.75) is 19.9 Å². The van der Waals surface area contributed by atoms with E-state index in [1.165, 1.54) is 16.0 Å². The number of amides is 1. The molecule has 3 rings (SSSR count). The van der Waals surface area contributed by atoms with E-state index in [2.05, 4.69) is 15.4 Å². The number of hydrogen-bond donors (Lipinski definition) is 1. The Morgan fingerprint density at radius 1 is 1.31 bits per heavy atom. The molecule has 0 bridgehead atoms. The minimum absolute atomic E-state index is 0.124. The Morgan fingerprint density at radius 2 is 2.08 bits per heavy atom. The van der Waals surface area contributed by atoms with Crippen LogP contribution in [0.1, 0.15) is 12.1 Å². The van der Waals surface area contributed by atoms with Crippen molar-refractivity contribution in [2.24, 2.45) is 0 Å². The standard InChI is InChI=1S/C18H20N4O3S/c1-12-16-15(20-17(26-16)13-7-4-3-5-8-13)18(24)22(21-12)11-14(23)19-9-6-10-25-2/h3-5,7-8H,6,9-11H2,1-2H3,(H,19,23). The molecular formula is C18H20N4O3S. The molecule has 0 saturated carbocycles. The number of rotatable bonds is 7. The maximum atomic E-state index is 12.7. The number of carbonyl (C=O) groups is 1.